The Balaban J connectivity index is 3.92. The van der Waals surface area contributed by atoms with Crippen molar-refractivity contribution in [3.63, 3.8) is 0 Å². The van der Waals surface area contributed by atoms with Crippen LogP contribution in [0.4, 0.5) is 13.2 Å². The third kappa shape index (κ3) is 8.47. The predicted octanol–water partition coefficient (Wildman–Crippen LogP) is 4.62. The van der Waals surface area contributed by atoms with E-state index in [1.54, 1.807) is 7.05 Å². The lowest BCUT2D eigenvalue weighted by atomic mass is 9.94. The van der Waals surface area contributed by atoms with Crippen LogP contribution in [-0.2, 0) is 0 Å². The van der Waals surface area contributed by atoms with Gasteiger partial charge in [-0.3, -0.25) is 4.90 Å². The first-order valence-corrected chi connectivity index (χ1v) is 6.47. The van der Waals surface area contributed by atoms with Gasteiger partial charge >= 0.3 is 6.18 Å². The Morgan fingerprint density at radius 2 is 1.47 bits per heavy atom. The first kappa shape index (κ1) is 16.8. The summed E-state index contributed by atoms with van der Waals surface area (Å²) in [7, 11) is 1.56. The monoisotopic (exact) mass is 253 g/mol. The zero-order valence-corrected chi connectivity index (χ0v) is 11.5. The van der Waals surface area contributed by atoms with Gasteiger partial charge in [0.15, 0.2) is 0 Å². The van der Waals surface area contributed by atoms with Crippen molar-refractivity contribution in [2.45, 2.75) is 71.0 Å². The highest BCUT2D eigenvalue weighted by molar-refractivity contribution is 4.80. The summed E-state index contributed by atoms with van der Waals surface area (Å²) in [6.07, 6.45) is 2.45. The van der Waals surface area contributed by atoms with Crippen molar-refractivity contribution < 1.29 is 13.2 Å². The highest BCUT2D eigenvalue weighted by Crippen LogP contribution is 2.25. The van der Waals surface area contributed by atoms with E-state index in [9.17, 15) is 13.2 Å². The normalized spacial score (nSPS) is 13.4. The lowest BCUT2D eigenvalue weighted by Crippen LogP contribution is -2.45. The molecule has 1 nitrogen and oxygen atoms in total. The standard InChI is InChI=1S/C13H26F3N/c1-5-6-7-8-9-10-12(2,3)17(4)11-13(14,15)16/h5-11H2,1-4H3. The summed E-state index contributed by atoms with van der Waals surface area (Å²) in [4.78, 5) is 1.41. The van der Waals surface area contributed by atoms with Crippen molar-refractivity contribution in [1.29, 1.82) is 0 Å². The summed E-state index contributed by atoms with van der Waals surface area (Å²) in [6, 6.07) is 0. The maximum atomic E-state index is 12.3. The van der Waals surface area contributed by atoms with Gasteiger partial charge in [0, 0.05) is 5.54 Å². The second-order valence-corrected chi connectivity index (χ2v) is 5.45. The SMILES string of the molecule is CCCCCCCC(C)(C)N(C)CC(F)(F)F. The minimum atomic E-state index is -4.10. The van der Waals surface area contributed by atoms with Gasteiger partial charge in [-0.05, 0) is 27.3 Å². The third-order valence-corrected chi connectivity index (χ3v) is 3.34. The molecular formula is C13H26F3N. The first-order chi connectivity index (χ1) is 7.69. The number of unbranched alkanes of at least 4 members (excludes halogenated alkanes) is 4. The van der Waals surface area contributed by atoms with Crippen molar-refractivity contribution in [1.82, 2.24) is 4.90 Å². The van der Waals surface area contributed by atoms with Crippen molar-refractivity contribution >= 4 is 0 Å². The van der Waals surface area contributed by atoms with Gasteiger partial charge in [0.2, 0.25) is 0 Å². The van der Waals surface area contributed by atoms with E-state index in [2.05, 4.69) is 6.92 Å². The second-order valence-electron chi connectivity index (χ2n) is 5.45. The summed E-state index contributed by atoms with van der Waals surface area (Å²) in [5.41, 5.74) is -0.373. The molecule has 0 unspecified atom stereocenters. The van der Waals surface area contributed by atoms with Gasteiger partial charge in [-0.2, -0.15) is 13.2 Å². The van der Waals surface area contributed by atoms with Crippen molar-refractivity contribution in [3.8, 4) is 0 Å². The molecule has 0 rings (SSSR count). The van der Waals surface area contributed by atoms with Crippen molar-refractivity contribution in [3.05, 3.63) is 0 Å². The Morgan fingerprint density at radius 3 is 1.94 bits per heavy atom. The van der Waals surface area contributed by atoms with Crippen LogP contribution < -0.4 is 0 Å². The average Bonchev–Trinajstić information content (AvgIpc) is 2.14. The Labute approximate surface area is 103 Å². The van der Waals surface area contributed by atoms with Crippen molar-refractivity contribution in [2.24, 2.45) is 0 Å². The third-order valence-electron chi connectivity index (χ3n) is 3.34. The van der Waals surface area contributed by atoms with Gasteiger partial charge < -0.3 is 0 Å². The maximum Gasteiger partial charge on any atom is 0.401 e. The van der Waals surface area contributed by atoms with Crippen LogP contribution in [0.5, 0.6) is 0 Å². The molecule has 0 aromatic carbocycles. The lowest BCUT2D eigenvalue weighted by molar-refractivity contribution is -0.153. The molecule has 0 atom stereocenters. The van der Waals surface area contributed by atoms with Gasteiger partial charge in [0.1, 0.15) is 0 Å². The predicted molar refractivity (Wildman–Crippen MR) is 66.1 cm³/mol. The fourth-order valence-electron chi connectivity index (χ4n) is 1.83. The summed E-state index contributed by atoms with van der Waals surface area (Å²) in [5, 5.41) is 0. The Kier molecular flexibility index (Phi) is 7.14. The molecule has 0 fully saturated rings. The van der Waals surface area contributed by atoms with E-state index >= 15 is 0 Å². The Bertz CT molecular complexity index is 199. The number of alkyl halides is 3. The topological polar surface area (TPSA) is 3.24 Å². The number of hydrogen-bond donors (Lipinski definition) is 0. The molecule has 0 aliphatic heterocycles. The molecule has 0 aromatic rings. The first-order valence-electron chi connectivity index (χ1n) is 6.47. The molecule has 0 heterocycles. The lowest BCUT2D eigenvalue weighted by Gasteiger charge is -2.36. The molecule has 0 spiro atoms. The van der Waals surface area contributed by atoms with Crippen LogP contribution >= 0.6 is 0 Å². The largest absolute Gasteiger partial charge is 0.401 e. The molecule has 0 N–H and O–H groups in total. The molecule has 0 bridgehead atoms. The number of rotatable bonds is 8. The molecule has 0 aromatic heterocycles. The van der Waals surface area contributed by atoms with Crippen LogP contribution in [0.2, 0.25) is 0 Å². The molecule has 0 radical (unpaired) electrons. The van der Waals surface area contributed by atoms with Crippen LogP contribution in [0.1, 0.15) is 59.3 Å². The summed E-state index contributed by atoms with van der Waals surface area (Å²) >= 11 is 0. The fraction of sp³-hybridized carbons (Fsp3) is 1.00. The fourth-order valence-corrected chi connectivity index (χ4v) is 1.83. The molecular weight excluding hydrogens is 227 g/mol. The highest BCUT2D eigenvalue weighted by Gasteiger charge is 2.34. The summed E-state index contributed by atoms with van der Waals surface area (Å²) in [5.74, 6) is 0. The second kappa shape index (κ2) is 7.24. The molecule has 0 saturated heterocycles. The van der Waals surface area contributed by atoms with Crippen LogP contribution in [-0.4, -0.2) is 30.2 Å². The van der Waals surface area contributed by atoms with E-state index in [-0.39, 0.29) is 5.54 Å². The van der Waals surface area contributed by atoms with E-state index in [1.807, 2.05) is 13.8 Å². The van der Waals surface area contributed by atoms with Crippen LogP contribution in [0.25, 0.3) is 0 Å². The quantitative estimate of drug-likeness (QED) is 0.570. The van der Waals surface area contributed by atoms with E-state index in [4.69, 9.17) is 0 Å². The molecule has 0 saturated carbocycles. The van der Waals surface area contributed by atoms with Gasteiger partial charge in [-0.15, -0.1) is 0 Å². The summed E-state index contributed by atoms with van der Waals surface area (Å²) in [6.45, 7) is 5.10. The number of halogens is 3. The zero-order valence-electron chi connectivity index (χ0n) is 11.5. The number of nitrogens with zero attached hydrogens (tertiary/aromatic N) is 1. The van der Waals surface area contributed by atoms with Crippen LogP contribution in [0, 0.1) is 0 Å². The number of hydrogen-bond acceptors (Lipinski definition) is 1. The average molecular weight is 253 g/mol. The van der Waals surface area contributed by atoms with Gasteiger partial charge in [-0.25, -0.2) is 0 Å². The summed E-state index contributed by atoms with van der Waals surface area (Å²) < 4.78 is 36.9. The Hall–Kier alpha value is -0.250. The Morgan fingerprint density at radius 1 is 0.941 bits per heavy atom. The maximum absolute atomic E-state index is 12.3. The van der Waals surface area contributed by atoms with Crippen LogP contribution in [0.15, 0.2) is 0 Å². The van der Waals surface area contributed by atoms with E-state index in [1.165, 1.54) is 24.2 Å². The highest BCUT2D eigenvalue weighted by atomic mass is 19.4. The molecule has 104 valence electrons. The smallest absolute Gasteiger partial charge is 0.293 e. The molecule has 0 aliphatic rings. The molecule has 4 heteroatoms. The van der Waals surface area contributed by atoms with Gasteiger partial charge in [-0.1, -0.05) is 39.0 Å². The molecule has 0 amide bonds. The minimum Gasteiger partial charge on any atom is -0.293 e. The minimum absolute atomic E-state index is 0.373. The van der Waals surface area contributed by atoms with E-state index < -0.39 is 12.7 Å². The molecule has 17 heavy (non-hydrogen) atoms. The van der Waals surface area contributed by atoms with Gasteiger partial charge in [0.05, 0.1) is 6.54 Å². The van der Waals surface area contributed by atoms with Crippen LogP contribution in [0.3, 0.4) is 0 Å². The van der Waals surface area contributed by atoms with E-state index in [0.717, 1.165) is 19.3 Å². The van der Waals surface area contributed by atoms with Crippen molar-refractivity contribution in [2.75, 3.05) is 13.6 Å². The van der Waals surface area contributed by atoms with Gasteiger partial charge in [0.25, 0.3) is 0 Å². The molecule has 0 aliphatic carbocycles. The zero-order chi connectivity index (χ0) is 13.5. The van der Waals surface area contributed by atoms with E-state index in [0.29, 0.717) is 0 Å².